The number of carbonyl (C=O) groups is 1. The summed E-state index contributed by atoms with van der Waals surface area (Å²) in [5.74, 6) is 4.20. The summed E-state index contributed by atoms with van der Waals surface area (Å²) in [6, 6.07) is 0. The molecule has 0 rings (SSSR count). The van der Waals surface area contributed by atoms with Gasteiger partial charge in [-0.3, -0.25) is 0 Å². The maximum atomic E-state index is 9.24. The normalized spacial score (nSPS) is 5.50. The zero-order valence-electron chi connectivity index (χ0n) is 3.18. The highest BCUT2D eigenvalue weighted by Gasteiger charge is 1.77. The van der Waals surface area contributed by atoms with Gasteiger partial charge in [-0.25, -0.2) is 4.79 Å². The highest BCUT2D eigenvalue weighted by atomic mass is 16.7. The molecule has 0 saturated heterocycles. The molecule has 0 heterocycles. The van der Waals surface area contributed by atoms with Crippen LogP contribution >= 0.6 is 0 Å². The van der Waals surface area contributed by atoms with E-state index >= 15 is 0 Å². The molecule has 0 aliphatic rings. The third-order valence-electron chi connectivity index (χ3n) is 0.116. The standard InChI is InChI=1S/CH4N2O2.H3N/c2-1(4)5-3;/h3H2,(H2,2,4);1H3. The largest absolute Gasteiger partial charge is 0.423 e. The average molecular weight is 93.1 g/mol. The van der Waals surface area contributed by atoms with E-state index in [2.05, 4.69) is 16.5 Å². The molecule has 0 aliphatic carbocycles. The maximum Gasteiger partial charge on any atom is 0.423 e. The summed E-state index contributed by atoms with van der Waals surface area (Å²) in [6.07, 6.45) is -0.968. The van der Waals surface area contributed by atoms with Crippen LogP contribution in [0.3, 0.4) is 0 Å². The molecule has 38 valence electrons. The van der Waals surface area contributed by atoms with Crippen molar-refractivity contribution in [2.24, 2.45) is 11.6 Å². The molecule has 0 fully saturated rings. The molecule has 0 aromatic carbocycles. The summed E-state index contributed by atoms with van der Waals surface area (Å²) in [5, 5.41) is 0. The second kappa shape index (κ2) is 4.19. The minimum atomic E-state index is -0.968. The Hall–Kier alpha value is -0.810. The Labute approximate surface area is 34.8 Å². The molecule has 0 aliphatic heterocycles. The van der Waals surface area contributed by atoms with Crippen molar-refractivity contribution in [3.8, 4) is 0 Å². The second-order valence-corrected chi connectivity index (χ2v) is 0.437. The molecular formula is CH7N3O2. The molecule has 0 aromatic heterocycles. The van der Waals surface area contributed by atoms with Crippen molar-refractivity contribution in [2.75, 3.05) is 0 Å². The quantitative estimate of drug-likeness (QED) is 0.337. The Bertz CT molecular complexity index is 44.1. The van der Waals surface area contributed by atoms with Crippen molar-refractivity contribution in [3.63, 3.8) is 0 Å². The first kappa shape index (κ1) is 8.95. The SMILES string of the molecule is N.NOC(N)=O. The first-order chi connectivity index (χ1) is 2.27. The van der Waals surface area contributed by atoms with Gasteiger partial charge in [-0.15, -0.1) is 0 Å². The van der Waals surface area contributed by atoms with Crippen molar-refractivity contribution in [2.45, 2.75) is 0 Å². The minimum Gasteiger partial charge on any atom is -0.357 e. The van der Waals surface area contributed by atoms with Crippen molar-refractivity contribution < 1.29 is 9.63 Å². The molecule has 0 bridgehead atoms. The third kappa shape index (κ3) is 10.8. The van der Waals surface area contributed by atoms with Gasteiger partial charge in [0, 0.05) is 0 Å². The van der Waals surface area contributed by atoms with Gasteiger partial charge in [-0.05, 0) is 0 Å². The zero-order valence-corrected chi connectivity index (χ0v) is 3.18. The van der Waals surface area contributed by atoms with Crippen molar-refractivity contribution in [3.05, 3.63) is 0 Å². The monoisotopic (exact) mass is 93.1 g/mol. The van der Waals surface area contributed by atoms with Crippen LogP contribution in [0.5, 0.6) is 0 Å². The predicted octanol–water partition coefficient (Wildman–Crippen LogP) is -0.883. The predicted molar refractivity (Wildman–Crippen MR) is 19.9 cm³/mol. The molecule has 6 heavy (non-hydrogen) atoms. The first-order valence-corrected chi connectivity index (χ1v) is 0.933. The summed E-state index contributed by atoms with van der Waals surface area (Å²) < 4.78 is 0. The summed E-state index contributed by atoms with van der Waals surface area (Å²) in [6.45, 7) is 0. The first-order valence-electron chi connectivity index (χ1n) is 0.933. The lowest BCUT2D eigenvalue weighted by atomic mass is 11.3. The Morgan fingerprint density at radius 1 is 1.67 bits per heavy atom. The van der Waals surface area contributed by atoms with E-state index < -0.39 is 6.09 Å². The Morgan fingerprint density at radius 3 is 1.83 bits per heavy atom. The van der Waals surface area contributed by atoms with Gasteiger partial charge in [0.25, 0.3) is 0 Å². The van der Waals surface area contributed by atoms with E-state index in [1.54, 1.807) is 0 Å². The lowest BCUT2D eigenvalue weighted by molar-refractivity contribution is 0.159. The van der Waals surface area contributed by atoms with E-state index in [1.165, 1.54) is 0 Å². The van der Waals surface area contributed by atoms with E-state index in [0.717, 1.165) is 0 Å². The molecule has 0 radical (unpaired) electrons. The van der Waals surface area contributed by atoms with Crippen LogP contribution in [0.1, 0.15) is 0 Å². The van der Waals surface area contributed by atoms with E-state index in [-0.39, 0.29) is 6.15 Å². The van der Waals surface area contributed by atoms with Crippen molar-refractivity contribution in [1.29, 1.82) is 0 Å². The molecule has 0 unspecified atom stereocenters. The van der Waals surface area contributed by atoms with Crippen LogP contribution in [0.4, 0.5) is 4.79 Å². The lowest BCUT2D eigenvalue weighted by Crippen LogP contribution is -2.16. The Morgan fingerprint density at radius 2 is 1.83 bits per heavy atom. The Balaban J connectivity index is 0. The van der Waals surface area contributed by atoms with Crippen LogP contribution in [0.25, 0.3) is 0 Å². The topological polar surface area (TPSA) is 113 Å². The zero-order chi connectivity index (χ0) is 4.28. The molecular weight excluding hydrogens is 86.0 g/mol. The van der Waals surface area contributed by atoms with Crippen molar-refractivity contribution >= 4 is 6.09 Å². The number of amides is 1. The highest BCUT2D eigenvalue weighted by molar-refractivity contribution is 5.63. The molecule has 7 N–H and O–H groups in total. The lowest BCUT2D eigenvalue weighted by Gasteiger charge is -1.79. The van der Waals surface area contributed by atoms with Crippen molar-refractivity contribution in [1.82, 2.24) is 6.15 Å². The average Bonchev–Trinajstić information content (AvgIpc) is 1.38. The Kier molecular flexibility index (Phi) is 6.25. The number of rotatable bonds is 0. The van der Waals surface area contributed by atoms with E-state index in [1.807, 2.05) is 0 Å². The minimum absolute atomic E-state index is 0. The molecule has 0 spiro atoms. The fourth-order valence-corrected chi connectivity index (χ4v) is 0. The second-order valence-electron chi connectivity index (χ2n) is 0.437. The van der Waals surface area contributed by atoms with Crippen LogP contribution in [-0.4, -0.2) is 6.09 Å². The molecule has 5 heteroatoms. The van der Waals surface area contributed by atoms with Crippen LogP contribution in [-0.2, 0) is 4.84 Å². The summed E-state index contributed by atoms with van der Waals surface area (Å²) in [5.41, 5.74) is 4.31. The van der Waals surface area contributed by atoms with Crippen LogP contribution in [0.15, 0.2) is 0 Å². The third-order valence-corrected chi connectivity index (χ3v) is 0.116. The highest BCUT2D eigenvalue weighted by Crippen LogP contribution is 1.49. The molecule has 0 atom stereocenters. The van der Waals surface area contributed by atoms with Crippen LogP contribution in [0.2, 0.25) is 0 Å². The van der Waals surface area contributed by atoms with Gasteiger partial charge >= 0.3 is 6.09 Å². The number of hydrogen-bond donors (Lipinski definition) is 3. The summed E-state index contributed by atoms with van der Waals surface area (Å²) >= 11 is 0. The summed E-state index contributed by atoms with van der Waals surface area (Å²) in [7, 11) is 0. The van der Waals surface area contributed by atoms with Gasteiger partial charge in [0.05, 0.1) is 0 Å². The van der Waals surface area contributed by atoms with Crippen LogP contribution < -0.4 is 17.8 Å². The fourth-order valence-electron chi connectivity index (χ4n) is 0. The van der Waals surface area contributed by atoms with Crippen LogP contribution in [0, 0.1) is 0 Å². The molecule has 0 saturated carbocycles. The molecule has 0 aromatic rings. The van der Waals surface area contributed by atoms with Gasteiger partial charge in [-0.1, -0.05) is 0 Å². The number of nitrogens with two attached hydrogens (primary N) is 2. The van der Waals surface area contributed by atoms with Gasteiger partial charge in [0.1, 0.15) is 0 Å². The maximum absolute atomic E-state index is 9.24. The van der Waals surface area contributed by atoms with Gasteiger partial charge < -0.3 is 16.7 Å². The number of hydrogen-bond acceptors (Lipinski definition) is 4. The molecule has 5 nitrogen and oxygen atoms in total. The smallest absolute Gasteiger partial charge is 0.357 e. The number of primary amides is 1. The van der Waals surface area contributed by atoms with E-state index in [0.29, 0.717) is 0 Å². The van der Waals surface area contributed by atoms with Gasteiger partial charge in [0.2, 0.25) is 0 Å². The van der Waals surface area contributed by atoms with E-state index in [9.17, 15) is 4.79 Å². The number of carbonyl (C=O) groups excluding carboxylic acids is 1. The van der Waals surface area contributed by atoms with E-state index in [4.69, 9.17) is 0 Å². The molecule has 1 amide bonds. The summed E-state index contributed by atoms with van der Waals surface area (Å²) in [4.78, 5) is 12.6. The fraction of sp³-hybridized carbons (Fsp3) is 0. The van der Waals surface area contributed by atoms with Gasteiger partial charge in [-0.2, -0.15) is 5.90 Å². The van der Waals surface area contributed by atoms with Gasteiger partial charge in [0.15, 0.2) is 0 Å².